The van der Waals surface area contributed by atoms with E-state index in [-0.39, 0.29) is 5.75 Å². The van der Waals surface area contributed by atoms with Crippen LogP contribution in [-0.2, 0) is 22.9 Å². The lowest BCUT2D eigenvalue weighted by Gasteiger charge is -2.09. The first kappa shape index (κ1) is 17.0. The number of aryl methyl sites for hydroxylation is 1. The van der Waals surface area contributed by atoms with Crippen LogP contribution >= 0.6 is 0 Å². The summed E-state index contributed by atoms with van der Waals surface area (Å²) < 4.78 is 26.0. The number of hydrogen-bond donors (Lipinski definition) is 2. The quantitative estimate of drug-likeness (QED) is 0.778. The van der Waals surface area contributed by atoms with Gasteiger partial charge in [-0.3, -0.25) is 0 Å². The Morgan fingerprint density at radius 1 is 1.23 bits per heavy atom. The van der Waals surface area contributed by atoms with Crippen LogP contribution in [0.3, 0.4) is 0 Å². The molecule has 1 aromatic carbocycles. The zero-order chi connectivity index (χ0) is 16.2. The lowest BCUT2D eigenvalue weighted by Crippen LogP contribution is -2.26. The summed E-state index contributed by atoms with van der Waals surface area (Å²) in [5.74, 6) is 0.129. The standard InChI is InChI=1S/C16H25N3O2S/c1-4-18-22(20,21)10-8-13-5-6-16-15(11-13)14(12-17-16)7-9-19(2)3/h5-6,11-12,17-18H,4,7-10H2,1-3H3. The molecule has 0 saturated heterocycles. The molecule has 0 aliphatic heterocycles. The van der Waals surface area contributed by atoms with Crippen molar-refractivity contribution in [2.75, 3.05) is 32.9 Å². The molecule has 0 spiro atoms. The lowest BCUT2D eigenvalue weighted by molar-refractivity contribution is 0.414. The third-order valence-corrected chi connectivity index (χ3v) is 5.15. The highest BCUT2D eigenvalue weighted by Crippen LogP contribution is 2.21. The first-order valence-electron chi connectivity index (χ1n) is 7.62. The summed E-state index contributed by atoms with van der Waals surface area (Å²) in [6, 6.07) is 6.14. The summed E-state index contributed by atoms with van der Waals surface area (Å²) in [4.78, 5) is 5.44. The Kier molecular flexibility index (Phi) is 5.61. The van der Waals surface area contributed by atoms with Crippen molar-refractivity contribution in [2.24, 2.45) is 0 Å². The van der Waals surface area contributed by atoms with Gasteiger partial charge in [0, 0.05) is 30.2 Å². The van der Waals surface area contributed by atoms with Crippen LogP contribution in [0.4, 0.5) is 0 Å². The van der Waals surface area contributed by atoms with Crippen LogP contribution in [0.2, 0.25) is 0 Å². The molecule has 2 rings (SSSR count). The van der Waals surface area contributed by atoms with E-state index in [1.165, 1.54) is 10.9 Å². The first-order valence-corrected chi connectivity index (χ1v) is 9.27. The average Bonchev–Trinajstić information content (AvgIpc) is 2.85. The van der Waals surface area contributed by atoms with Crippen LogP contribution in [0.15, 0.2) is 24.4 Å². The molecule has 6 heteroatoms. The van der Waals surface area contributed by atoms with Crippen molar-refractivity contribution in [1.82, 2.24) is 14.6 Å². The van der Waals surface area contributed by atoms with Crippen molar-refractivity contribution in [1.29, 1.82) is 0 Å². The maximum atomic E-state index is 11.7. The highest BCUT2D eigenvalue weighted by Gasteiger charge is 2.10. The third-order valence-electron chi connectivity index (χ3n) is 3.68. The SMILES string of the molecule is CCNS(=O)(=O)CCc1ccc2[nH]cc(CCN(C)C)c2c1. The molecule has 2 N–H and O–H groups in total. The Hall–Kier alpha value is -1.37. The smallest absolute Gasteiger partial charge is 0.211 e. The largest absolute Gasteiger partial charge is 0.361 e. The summed E-state index contributed by atoms with van der Waals surface area (Å²) >= 11 is 0. The molecule has 0 unspecified atom stereocenters. The molecule has 1 heterocycles. The molecule has 0 aliphatic rings. The fourth-order valence-corrected chi connectivity index (χ4v) is 3.56. The highest BCUT2D eigenvalue weighted by molar-refractivity contribution is 7.89. The lowest BCUT2D eigenvalue weighted by atomic mass is 10.1. The topological polar surface area (TPSA) is 65.2 Å². The Labute approximate surface area is 132 Å². The molecule has 0 bridgehead atoms. The fraction of sp³-hybridized carbons (Fsp3) is 0.500. The van der Waals surface area contributed by atoms with Crippen LogP contribution in [0.5, 0.6) is 0 Å². The number of rotatable bonds is 8. The number of benzene rings is 1. The van der Waals surface area contributed by atoms with E-state index in [2.05, 4.69) is 34.8 Å². The molecule has 0 radical (unpaired) electrons. The minimum Gasteiger partial charge on any atom is -0.361 e. The number of nitrogens with one attached hydrogen (secondary N) is 2. The second-order valence-corrected chi connectivity index (χ2v) is 7.74. The van der Waals surface area contributed by atoms with Gasteiger partial charge < -0.3 is 9.88 Å². The van der Waals surface area contributed by atoms with Gasteiger partial charge in [0.15, 0.2) is 0 Å². The van der Waals surface area contributed by atoms with Gasteiger partial charge in [0.05, 0.1) is 5.75 Å². The number of likely N-dealkylation sites (N-methyl/N-ethyl adjacent to an activating group) is 1. The number of sulfonamides is 1. The van der Waals surface area contributed by atoms with Crippen molar-refractivity contribution in [3.05, 3.63) is 35.5 Å². The number of hydrogen-bond acceptors (Lipinski definition) is 3. The van der Waals surface area contributed by atoms with Crippen LogP contribution in [0.25, 0.3) is 10.9 Å². The molecule has 0 saturated carbocycles. The Balaban J connectivity index is 2.13. The van der Waals surface area contributed by atoms with E-state index in [0.717, 1.165) is 24.0 Å². The van der Waals surface area contributed by atoms with Crippen LogP contribution in [0.1, 0.15) is 18.1 Å². The van der Waals surface area contributed by atoms with E-state index in [4.69, 9.17) is 0 Å². The number of H-pyrrole nitrogens is 1. The van der Waals surface area contributed by atoms with Gasteiger partial charge in [0.1, 0.15) is 0 Å². The van der Waals surface area contributed by atoms with E-state index in [1.54, 1.807) is 6.92 Å². The van der Waals surface area contributed by atoms with Crippen molar-refractivity contribution in [3.63, 3.8) is 0 Å². The molecule has 5 nitrogen and oxygen atoms in total. The Morgan fingerprint density at radius 2 is 2.00 bits per heavy atom. The second kappa shape index (κ2) is 7.26. The van der Waals surface area contributed by atoms with Gasteiger partial charge in [0.2, 0.25) is 10.0 Å². The third kappa shape index (κ3) is 4.56. The average molecular weight is 323 g/mol. The number of nitrogens with zero attached hydrogens (tertiary/aromatic N) is 1. The number of aromatic nitrogens is 1. The minimum absolute atomic E-state index is 0.129. The zero-order valence-corrected chi connectivity index (χ0v) is 14.3. The van der Waals surface area contributed by atoms with Gasteiger partial charge >= 0.3 is 0 Å². The predicted octanol–water partition coefficient (Wildman–Crippen LogP) is 1.75. The van der Waals surface area contributed by atoms with Crippen molar-refractivity contribution >= 4 is 20.9 Å². The van der Waals surface area contributed by atoms with Gasteiger partial charge in [0.25, 0.3) is 0 Å². The molecule has 1 aromatic heterocycles. The molecule has 122 valence electrons. The maximum Gasteiger partial charge on any atom is 0.211 e. The second-order valence-electron chi connectivity index (χ2n) is 5.81. The highest BCUT2D eigenvalue weighted by atomic mass is 32.2. The molecule has 2 aromatic rings. The number of fused-ring (bicyclic) bond motifs is 1. The maximum absolute atomic E-state index is 11.7. The zero-order valence-electron chi connectivity index (χ0n) is 13.5. The Morgan fingerprint density at radius 3 is 2.68 bits per heavy atom. The monoisotopic (exact) mass is 323 g/mol. The van der Waals surface area contributed by atoms with Gasteiger partial charge in [-0.2, -0.15) is 0 Å². The summed E-state index contributed by atoms with van der Waals surface area (Å²) in [5, 5.41) is 1.19. The van der Waals surface area contributed by atoms with Crippen LogP contribution in [-0.4, -0.2) is 51.2 Å². The fourth-order valence-electron chi connectivity index (χ4n) is 2.48. The van der Waals surface area contributed by atoms with Crippen LogP contribution < -0.4 is 4.72 Å². The van der Waals surface area contributed by atoms with E-state index >= 15 is 0 Å². The molecule has 0 aliphatic carbocycles. The number of aromatic amines is 1. The summed E-state index contributed by atoms with van der Waals surface area (Å²) in [5.41, 5.74) is 3.44. The van der Waals surface area contributed by atoms with Gasteiger partial charge in [-0.1, -0.05) is 13.0 Å². The van der Waals surface area contributed by atoms with E-state index in [9.17, 15) is 8.42 Å². The van der Waals surface area contributed by atoms with Crippen molar-refractivity contribution in [3.8, 4) is 0 Å². The molecule has 0 amide bonds. The molecule has 0 atom stereocenters. The Bertz CT molecular complexity index is 720. The summed E-state index contributed by atoms with van der Waals surface area (Å²) in [6.07, 6.45) is 3.56. The summed E-state index contributed by atoms with van der Waals surface area (Å²) in [6.45, 7) is 3.22. The summed E-state index contributed by atoms with van der Waals surface area (Å²) in [7, 11) is 0.957. The minimum atomic E-state index is -3.17. The van der Waals surface area contributed by atoms with E-state index < -0.39 is 10.0 Å². The normalized spacial score (nSPS) is 12.4. The molecular weight excluding hydrogens is 298 g/mol. The van der Waals surface area contributed by atoms with Gasteiger partial charge in [-0.05, 0) is 50.2 Å². The molecule has 0 fully saturated rings. The van der Waals surface area contributed by atoms with Crippen molar-refractivity contribution in [2.45, 2.75) is 19.8 Å². The first-order chi connectivity index (χ1) is 10.4. The predicted molar refractivity (Wildman–Crippen MR) is 91.7 cm³/mol. The van der Waals surface area contributed by atoms with Gasteiger partial charge in [-0.25, -0.2) is 13.1 Å². The molecular formula is C16H25N3O2S. The van der Waals surface area contributed by atoms with E-state index in [0.29, 0.717) is 13.0 Å². The van der Waals surface area contributed by atoms with Crippen LogP contribution in [0, 0.1) is 0 Å². The van der Waals surface area contributed by atoms with Gasteiger partial charge in [-0.15, -0.1) is 0 Å². The van der Waals surface area contributed by atoms with Crippen molar-refractivity contribution < 1.29 is 8.42 Å². The van der Waals surface area contributed by atoms with E-state index in [1.807, 2.05) is 18.3 Å². The molecule has 22 heavy (non-hydrogen) atoms.